The molecule has 5 rings (SSSR count). The van der Waals surface area contributed by atoms with Crippen molar-refractivity contribution in [2.45, 2.75) is 62.3 Å². The van der Waals surface area contributed by atoms with Crippen molar-refractivity contribution < 1.29 is 36.7 Å². The molecule has 4 aromatic rings. The largest absolute Gasteiger partial charge is 0.368 e. The van der Waals surface area contributed by atoms with Gasteiger partial charge in [0.25, 0.3) is 10.1 Å². The third kappa shape index (κ3) is 8.58. The molecule has 0 bridgehead atoms. The molecule has 8 nitrogen and oxygen atoms in total. The third-order valence-corrected chi connectivity index (χ3v) is 8.46. The van der Waals surface area contributed by atoms with Crippen LogP contribution < -0.4 is 0 Å². The van der Waals surface area contributed by atoms with Crippen LogP contribution in [0.5, 0.6) is 0 Å². The van der Waals surface area contributed by atoms with E-state index in [4.69, 9.17) is 23.1 Å². The van der Waals surface area contributed by atoms with Crippen molar-refractivity contribution in [1.82, 2.24) is 0 Å². The minimum absolute atomic E-state index is 0.0354. The van der Waals surface area contributed by atoms with Crippen LogP contribution in [0, 0.1) is 6.92 Å². The van der Waals surface area contributed by atoms with Gasteiger partial charge in [-0.15, -0.1) is 0 Å². The van der Waals surface area contributed by atoms with Crippen molar-refractivity contribution in [3.63, 3.8) is 0 Å². The first-order valence-corrected chi connectivity index (χ1v) is 15.6. The average Bonchev–Trinajstić information content (AvgIpc) is 3.35. The molecule has 1 aliphatic heterocycles. The van der Waals surface area contributed by atoms with Gasteiger partial charge in [-0.25, -0.2) is 0 Å². The topological polar surface area (TPSA) is 101 Å². The van der Waals surface area contributed by atoms with Crippen LogP contribution in [0.25, 0.3) is 0 Å². The number of ether oxygens (including phenoxy) is 4. The smallest absolute Gasteiger partial charge is 0.297 e. The Morgan fingerprint density at radius 2 is 1.19 bits per heavy atom. The molecule has 0 radical (unpaired) electrons. The first-order chi connectivity index (χ1) is 20.9. The Morgan fingerprint density at radius 1 is 0.698 bits per heavy atom. The molecule has 1 fully saturated rings. The van der Waals surface area contributed by atoms with Gasteiger partial charge in [0.15, 0.2) is 6.29 Å². The summed E-state index contributed by atoms with van der Waals surface area (Å²) in [4.78, 5) is 0.0354. The van der Waals surface area contributed by atoms with Gasteiger partial charge in [-0.3, -0.25) is 4.18 Å². The summed E-state index contributed by atoms with van der Waals surface area (Å²) in [6.07, 6.45) is -4.85. The van der Waals surface area contributed by atoms with Gasteiger partial charge in [-0.05, 0) is 35.7 Å². The van der Waals surface area contributed by atoms with Crippen LogP contribution in [0.3, 0.4) is 0 Å². The molecule has 1 heterocycles. The SMILES string of the molecule is Cc1ccc(S(=O)(=O)OC[C@@H](OCc2ccccc2)[C@@H]2O[C@@H](O)[C@H](OCc3ccccc3)[C@H]2OCc2ccccc2)cc1. The molecule has 0 aliphatic carbocycles. The van der Waals surface area contributed by atoms with Gasteiger partial charge in [-0.2, -0.15) is 8.42 Å². The van der Waals surface area contributed by atoms with E-state index in [0.29, 0.717) is 0 Å². The molecule has 0 unspecified atom stereocenters. The summed E-state index contributed by atoms with van der Waals surface area (Å²) in [7, 11) is -4.10. The van der Waals surface area contributed by atoms with Crippen LogP contribution in [0.4, 0.5) is 0 Å². The van der Waals surface area contributed by atoms with E-state index in [9.17, 15) is 13.5 Å². The number of rotatable bonds is 14. The molecule has 0 aromatic heterocycles. The highest BCUT2D eigenvalue weighted by molar-refractivity contribution is 7.86. The second kappa shape index (κ2) is 14.9. The maximum atomic E-state index is 13.1. The van der Waals surface area contributed by atoms with E-state index in [-0.39, 0.29) is 31.3 Å². The Hall–Kier alpha value is -3.41. The number of aliphatic hydroxyl groups is 1. The standard InChI is InChI=1S/C34H36O8S/c1-25-17-19-29(20-18-25)43(36,37)41-24-30(38-21-26-11-5-2-6-12-26)31-32(39-22-27-13-7-3-8-14-27)33(34(35)42-31)40-23-28-15-9-4-10-16-28/h2-20,30-35H,21-24H2,1H3/t30-,31+,32+,33-,34-/m1/s1. The van der Waals surface area contributed by atoms with Gasteiger partial charge in [0.1, 0.15) is 24.4 Å². The Morgan fingerprint density at radius 3 is 1.72 bits per heavy atom. The van der Waals surface area contributed by atoms with Crippen molar-refractivity contribution >= 4 is 10.1 Å². The van der Waals surface area contributed by atoms with E-state index in [2.05, 4.69) is 0 Å². The summed E-state index contributed by atoms with van der Waals surface area (Å²) in [5, 5.41) is 11.0. The van der Waals surface area contributed by atoms with Gasteiger partial charge in [-0.1, -0.05) is 109 Å². The maximum Gasteiger partial charge on any atom is 0.297 e. The van der Waals surface area contributed by atoms with E-state index < -0.39 is 40.8 Å². The first kappa shape index (κ1) is 31.0. The van der Waals surface area contributed by atoms with Crippen LogP contribution in [0.15, 0.2) is 120 Å². The second-order valence-electron chi connectivity index (χ2n) is 10.4. The van der Waals surface area contributed by atoms with Gasteiger partial charge >= 0.3 is 0 Å². The quantitative estimate of drug-likeness (QED) is 0.197. The van der Waals surface area contributed by atoms with Crippen molar-refractivity contribution in [3.05, 3.63) is 138 Å². The normalized spacial score (nSPS) is 21.1. The summed E-state index contributed by atoms with van der Waals surface area (Å²) in [6.45, 7) is 2.11. The fourth-order valence-electron chi connectivity index (χ4n) is 4.81. The zero-order chi connectivity index (χ0) is 30.1. The van der Waals surface area contributed by atoms with Gasteiger partial charge in [0.2, 0.25) is 0 Å². The number of aliphatic hydroxyl groups excluding tert-OH is 1. The van der Waals surface area contributed by atoms with E-state index >= 15 is 0 Å². The van der Waals surface area contributed by atoms with Crippen LogP contribution in [0.1, 0.15) is 22.3 Å². The predicted octanol–water partition coefficient (Wildman–Crippen LogP) is 5.17. The highest BCUT2D eigenvalue weighted by atomic mass is 32.2. The third-order valence-electron chi connectivity index (χ3n) is 7.17. The molecule has 9 heteroatoms. The fraction of sp³-hybridized carbons (Fsp3) is 0.294. The second-order valence-corrected chi connectivity index (χ2v) is 12.0. The molecule has 4 aromatic carbocycles. The number of hydrogen-bond acceptors (Lipinski definition) is 8. The molecule has 1 aliphatic rings. The summed E-state index contributed by atoms with van der Waals surface area (Å²) >= 11 is 0. The van der Waals surface area contributed by atoms with Gasteiger partial charge in [0.05, 0.1) is 31.3 Å². The zero-order valence-electron chi connectivity index (χ0n) is 23.9. The predicted molar refractivity (Wildman–Crippen MR) is 160 cm³/mol. The Balaban J connectivity index is 1.38. The van der Waals surface area contributed by atoms with E-state index in [0.717, 1.165) is 22.3 Å². The Kier molecular flexibility index (Phi) is 10.7. The average molecular weight is 605 g/mol. The van der Waals surface area contributed by atoms with Gasteiger partial charge in [0, 0.05) is 0 Å². The van der Waals surface area contributed by atoms with Crippen LogP contribution in [-0.4, -0.2) is 50.8 Å². The fourth-order valence-corrected chi connectivity index (χ4v) is 5.73. The van der Waals surface area contributed by atoms with Crippen molar-refractivity contribution in [1.29, 1.82) is 0 Å². The van der Waals surface area contributed by atoms with E-state index in [1.807, 2.05) is 97.9 Å². The number of hydrogen-bond donors (Lipinski definition) is 1. The maximum absolute atomic E-state index is 13.1. The molecule has 0 spiro atoms. The van der Waals surface area contributed by atoms with Crippen LogP contribution in [0.2, 0.25) is 0 Å². The molecular weight excluding hydrogens is 568 g/mol. The summed E-state index contributed by atoms with van der Waals surface area (Å²) < 4.78 is 56.5. The Labute approximate surface area is 252 Å². The minimum atomic E-state index is -4.10. The molecule has 1 saturated heterocycles. The summed E-state index contributed by atoms with van der Waals surface area (Å²) in [6, 6.07) is 35.1. The lowest BCUT2D eigenvalue weighted by molar-refractivity contribution is -0.168. The molecule has 226 valence electrons. The summed E-state index contributed by atoms with van der Waals surface area (Å²) in [5.41, 5.74) is 3.65. The lowest BCUT2D eigenvalue weighted by Gasteiger charge is -2.29. The first-order valence-electron chi connectivity index (χ1n) is 14.2. The molecular formula is C34H36O8S. The van der Waals surface area contributed by atoms with E-state index in [1.165, 1.54) is 12.1 Å². The van der Waals surface area contributed by atoms with Crippen molar-refractivity contribution in [2.24, 2.45) is 0 Å². The Bertz CT molecular complexity index is 1500. The molecule has 5 atom stereocenters. The highest BCUT2D eigenvalue weighted by Crippen LogP contribution is 2.31. The number of aryl methyl sites for hydroxylation is 1. The monoisotopic (exact) mass is 604 g/mol. The van der Waals surface area contributed by atoms with Crippen LogP contribution >= 0.6 is 0 Å². The van der Waals surface area contributed by atoms with E-state index in [1.54, 1.807) is 12.1 Å². The highest BCUT2D eigenvalue weighted by Gasteiger charge is 2.50. The molecule has 1 N–H and O–H groups in total. The lowest BCUT2D eigenvalue weighted by Crippen LogP contribution is -2.45. The lowest BCUT2D eigenvalue weighted by atomic mass is 10.1. The minimum Gasteiger partial charge on any atom is -0.368 e. The van der Waals surface area contributed by atoms with Gasteiger partial charge < -0.3 is 24.1 Å². The van der Waals surface area contributed by atoms with Crippen molar-refractivity contribution in [3.8, 4) is 0 Å². The molecule has 0 amide bonds. The molecule has 43 heavy (non-hydrogen) atoms. The van der Waals surface area contributed by atoms with Crippen molar-refractivity contribution in [2.75, 3.05) is 6.61 Å². The molecule has 0 saturated carbocycles. The number of benzene rings is 4. The zero-order valence-corrected chi connectivity index (χ0v) is 24.7. The summed E-state index contributed by atoms with van der Waals surface area (Å²) in [5.74, 6) is 0. The van der Waals surface area contributed by atoms with Crippen LogP contribution in [-0.2, 0) is 53.1 Å².